The molecule has 3 heteroatoms. The minimum absolute atomic E-state index is 0.924. The molecule has 0 aliphatic rings. The van der Waals surface area contributed by atoms with Crippen molar-refractivity contribution in [2.75, 3.05) is 0 Å². The number of hydrogen-bond donors (Lipinski definition) is 0. The molecule has 2 aromatic carbocycles. The van der Waals surface area contributed by atoms with Gasteiger partial charge in [0.25, 0.3) is 0 Å². The number of hydrogen-bond acceptors (Lipinski definition) is 2. The number of aromatic nitrogens is 3. The van der Waals surface area contributed by atoms with Crippen LogP contribution in [0.4, 0.5) is 0 Å². The predicted molar refractivity (Wildman–Crippen MR) is 68.3 cm³/mol. The zero-order chi connectivity index (χ0) is 11.8. The monoisotopic (exact) mass is 223 g/mol. The summed E-state index contributed by atoms with van der Waals surface area (Å²) >= 11 is 0. The van der Waals surface area contributed by atoms with Crippen LogP contribution in [0.2, 0.25) is 0 Å². The highest BCUT2D eigenvalue weighted by Crippen LogP contribution is 2.19. The van der Waals surface area contributed by atoms with Gasteiger partial charge in [0.05, 0.1) is 11.2 Å². The molecule has 0 N–H and O–H groups in total. The molecule has 1 heterocycles. The Morgan fingerprint density at radius 2 is 1.82 bits per heavy atom. The van der Waals surface area contributed by atoms with E-state index in [0.717, 1.165) is 16.7 Å². The molecule has 1 aromatic heterocycles. The van der Waals surface area contributed by atoms with Gasteiger partial charge in [-0.1, -0.05) is 29.5 Å². The second-order valence-electron chi connectivity index (χ2n) is 4.28. The molecule has 0 radical (unpaired) electrons. The van der Waals surface area contributed by atoms with Crippen molar-refractivity contribution < 1.29 is 0 Å². The summed E-state index contributed by atoms with van der Waals surface area (Å²) in [5, 5.41) is 8.41. The van der Waals surface area contributed by atoms with Crippen LogP contribution < -0.4 is 0 Å². The first-order valence-corrected chi connectivity index (χ1v) is 5.64. The predicted octanol–water partition coefficient (Wildman–Crippen LogP) is 3.04. The lowest BCUT2D eigenvalue weighted by molar-refractivity contribution is 0.818. The molecule has 3 aromatic rings. The summed E-state index contributed by atoms with van der Waals surface area (Å²) in [6.07, 6.45) is 0. The van der Waals surface area contributed by atoms with E-state index in [-0.39, 0.29) is 0 Å². The van der Waals surface area contributed by atoms with Crippen molar-refractivity contribution >= 4 is 11.0 Å². The molecule has 0 fully saturated rings. The highest BCUT2D eigenvalue weighted by atomic mass is 15.4. The van der Waals surface area contributed by atoms with Gasteiger partial charge < -0.3 is 0 Å². The SMILES string of the molecule is Cc1ccc(C)c(-n2nnc3ccccc32)c1. The number of para-hydroxylation sites is 1. The lowest BCUT2D eigenvalue weighted by Gasteiger charge is -2.07. The van der Waals surface area contributed by atoms with Crippen LogP contribution in [0.1, 0.15) is 11.1 Å². The molecular weight excluding hydrogens is 210 g/mol. The van der Waals surface area contributed by atoms with Crippen LogP contribution >= 0.6 is 0 Å². The Hall–Kier alpha value is -2.16. The van der Waals surface area contributed by atoms with Crippen molar-refractivity contribution in [1.29, 1.82) is 0 Å². The summed E-state index contributed by atoms with van der Waals surface area (Å²) in [6, 6.07) is 14.4. The van der Waals surface area contributed by atoms with Gasteiger partial charge in [-0.25, -0.2) is 4.68 Å². The Kier molecular flexibility index (Phi) is 2.18. The van der Waals surface area contributed by atoms with Crippen LogP contribution in [-0.4, -0.2) is 15.0 Å². The normalized spacial score (nSPS) is 10.9. The fourth-order valence-corrected chi connectivity index (χ4v) is 1.99. The quantitative estimate of drug-likeness (QED) is 0.634. The fourth-order valence-electron chi connectivity index (χ4n) is 1.99. The Labute approximate surface area is 99.7 Å². The number of benzene rings is 2. The molecule has 84 valence electrons. The van der Waals surface area contributed by atoms with Gasteiger partial charge >= 0.3 is 0 Å². The molecule has 0 saturated carbocycles. The highest BCUT2D eigenvalue weighted by Gasteiger charge is 2.07. The first-order valence-electron chi connectivity index (χ1n) is 5.64. The molecule has 17 heavy (non-hydrogen) atoms. The molecular formula is C14H13N3. The highest BCUT2D eigenvalue weighted by molar-refractivity contribution is 5.76. The molecule has 0 aliphatic heterocycles. The molecule has 0 aliphatic carbocycles. The molecule has 3 rings (SSSR count). The van der Waals surface area contributed by atoms with Crippen LogP contribution in [0.15, 0.2) is 42.5 Å². The van der Waals surface area contributed by atoms with Gasteiger partial charge in [-0.15, -0.1) is 5.10 Å². The second kappa shape index (κ2) is 3.70. The van der Waals surface area contributed by atoms with Gasteiger partial charge in [0, 0.05) is 0 Å². The maximum Gasteiger partial charge on any atom is 0.113 e. The van der Waals surface area contributed by atoms with Crippen LogP contribution in [0.3, 0.4) is 0 Å². The van der Waals surface area contributed by atoms with E-state index in [0.29, 0.717) is 0 Å². The van der Waals surface area contributed by atoms with Crippen molar-refractivity contribution in [1.82, 2.24) is 15.0 Å². The maximum absolute atomic E-state index is 4.23. The Morgan fingerprint density at radius 1 is 1.00 bits per heavy atom. The lowest BCUT2D eigenvalue weighted by Crippen LogP contribution is -1.99. The summed E-state index contributed by atoms with van der Waals surface area (Å²) in [6.45, 7) is 4.17. The zero-order valence-electron chi connectivity index (χ0n) is 9.88. The topological polar surface area (TPSA) is 30.7 Å². The summed E-state index contributed by atoms with van der Waals surface area (Å²) in [5.41, 5.74) is 5.49. The van der Waals surface area contributed by atoms with E-state index in [9.17, 15) is 0 Å². The largest absolute Gasteiger partial charge is 0.213 e. The van der Waals surface area contributed by atoms with E-state index in [1.807, 2.05) is 28.9 Å². The first-order chi connectivity index (χ1) is 8.25. The van der Waals surface area contributed by atoms with Gasteiger partial charge in [0.15, 0.2) is 0 Å². The second-order valence-corrected chi connectivity index (χ2v) is 4.28. The van der Waals surface area contributed by atoms with Crippen molar-refractivity contribution in [3.05, 3.63) is 53.6 Å². The van der Waals surface area contributed by atoms with E-state index >= 15 is 0 Å². The Balaban J connectivity index is 2.31. The third-order valence-corrected chi connectivity index (χ3v) is 2.94. The summed E-state index contributed by atoms with van der Waals surface area (Å²) < 4.78 is 1.90. The zero-order valence-corrected chi connectivity index (χ0v) is 9.88. The number of nitrogens with zero attached hydrogens (tertiary/aromatic N) is 3. The van der Waals surface area contributed by atoms with Gasteiger partial charge in [0.1, 0.15) is 5.52 Å². The summed E-state index contributed by atoms with van der Waals surface area (Å²) in [5.74, 6) is 0. The van der Waals surface area contributed by atoms with Gasteiger partial charge in [0.2, 0.25) is 0 Å². The maximum atomic E-state index is 4.23. The van der Waals surface area contributed by atoms with Gasteiger partial charge in [-0.05, 0) is 43.2 Å². The smallest absolute Gasteiger partial charge is 0.113 e. The van der Waals surface area contributed by atoms with E-state index < -0.39 is 0 Å². The Morgan fingerprint density at radius 3 is 2.71 bits per heavy atom. The summed E-state index contributed by atoms with van der Waals surface area (Å²) in [4.78, 5) is 0. The van der Waals surface area contributed by atoms with Crippen molar-refractivity contribution in [2.45, 2.75) is 13.8 Å². The summed E-state index contributed by atoms with van der Waals surface area (Å²) in [7, 11) is 0. The van der Waals surface area contributed by atoms with E-state index in [1.165, 1.54) is 11.1 Å². The number of rotatable bonds is 1. The van der Waals surface area contributed by atoms with Gasteiger partial charge in [-0.3, -0.25) is 0 Å². The third kappa shape index (κ3) is 1.60. The van der Waals surface area contributed by atoms with Gasteiger partial charge in [-0.2, -0.15) is 0 Å². The van der Waals surface area contributed by atoms with Crippen LogP contribution in [0.5, 0.6) is 0 Å². The molecule has 0 atom stereocenters. The average Bonchev–Trinajstić information content (AvgIpc) is 2.76. The minimum Gasteiger partial charge on any atom is -0.213 e. The van der Waals surface area contributed by atoms with Crippen LogP contribution in [0.25, 0.3) is 16.7 Å². The molecule has 0 spiro atoms. The third-order valence-electron chi connectivity index (χ3n) is 2.94. The standard InChI is InChI=1S/C14H13N3/c1-10-7-8-11(2)14(9-10)17-13-6-4-3-5-12(13)15-16-17/h3-9H,1-2H3. The molecule has 0 saturated heterocycles. The molecule has 3 nitrogen and oxygen atoms in total. The first kappa shape index (κ1) is 10.0. The van der Waals surface area contributed by atoms with Crippen molar-refractivity contribution in [3.63, 3.8) is 0 Å². The Bertz CT molecular complexity index is 683. The van der Waals surface area contributed by atoms with Crippen LogP contribution in [0, 0.1) is 13.8 Å². The molecule has 0 amide bonds. The lowest BCUT2D eigenvalue weighted by atomic mass is 10.1. The minimum atomic E-state index is 0.924. The molecule has 0 unspecified atom stereocenters. The van der Waals surface area contributed by atoms with Crippen LogP contribution in [-0.2, 0) is 0 Å². The van der Waals surface area contributed by atoms with Crippen molar-refractivity contribution in [2.24, 2.45) is 0 Å². The number of aryl methyl sites for hydroxylation is 2. The van der Waals surface area contributed by atoms with Crippen molar-refractivity contribution in [3.8, 4) is 5.69 Å². The fraction of sp³-hybridized carbons (Fsp3) is 0.143. The molecule has 0 bridgehead atoms. The van der Waals surface area contributed by atoms with E-state index in [4.69, 9.17) is 0 Å². The van der Waals surface area contributed by atoms with E-state index in [1.54, 1.807) is 0 Å². The number of fused-ring (bicyclic) bond motifs is 1. The van der Waals surface area contributed by atoms with E-state index in [2.05, 4.69) is 42.4 Å². The average molecular weight is 223 g/mol.